The molecule has 0 saturated carbocycles. The molecular formula is C15H23N. The second kappa shape index (κ2) is 5.01. The fourth-order valence-corrected chi connectivity index (χ4v) is 2.59. The number of rotatable bonds is 2. The predicted molar refractivity (Wildman–Crippen MR) is 70.0 cm³/mol. The van der Waals surface area contributed by atoms with Crippen molar-refractivity contribution in [1.29, 1.82) is 0 Å². The summed E-state index contributed by atoms with van der Waals surface area (Å²) in [6.45, 7) is 6.99. The summed E-state index contributed by atoms with van der Waals surface area (Å²) in [5.74, 6) is 1.39. The third kappa shape index (κ3) is 2.65. The van der Waals surface area contributed by atoms with E-state index in [2.05, 4.69) is 50.1 Å². The first-order valence-corrected chi connectivity index (χ1v) is 6.45. The molecule has 1 aromatic rings. The minimum Gasteiger partial charge on any atom is -0.306 e. The zero-order chi connectivity index (χ0) is 11.5. The molecule has 88 valence electrons. The maximum absolute atomic E-state index is 2.45. The number of piperidine rings is 1. The highest BCUT2D eigenvalue weighted by atomic mass is 15.1. The third-order valence-corrected chi connectivity index (χ3v) is 3.70. The Morgan fingerprint density at radius 2 is 1.88 bits per heavy atom. The molecule has 0 amide bonds. The summed E-state index contributed by atoms with van der Waals surface area (Å²) in [7, 11) is 2.23. The number of likely N-dealkylation sites (tertiary alicyclic amines) is 1. The first-order valence-electron chi connectivity index (χ1n) is 6.45. The molecule has 1 fully saturated rings. The van der Waals surface area contributed by atoms with Gasteiger partial charge in [0.1, 0.15) is 0 Å². The SMILES string of the molecule is CC(C)c1ccc(C2CCCN(C)C2)cc1. The second-order valence-electron chi connectivity index (χ2n) is 5.42. The van der Waals surface area contributed by atoms with E-state index in [0.29, 0.717) is 5.92 Å². The lowest BCUT2D eigenvalue weighted by Gasteiger charge is -2.30. The summed E-state index contributed by atoms with van der Waals surface area (Å²) in [5, 5.41) is 0. The van der Waals surface area contributed by atoms with Crippen molar-refractivity contribution in [3.8, 4) is 0 Å². The van der Waals surface area contributed by atoms with E-state index < -0.39 is 0 Å². The van der Waals surface area contributed by atoms with Crippen molar-refractivity contribution in [2.24, 2.45) is 0 Å². The first kappa shape index (κ1) is 11.7. The van der Waals surface area contributed by atoms with Crippen molar-refractivity contribution < 1.29 is 0 Å². The molecule has 0 N–H and O–H groups in total. The van der Waals surface area contributed by atoms with Gasteiger partial charge in [-0.1, -0.05) is 38.1 Å². The molecular weight excluding hydrogens is 194 g/mol. The van der Waals surface area contributed by atoms with Crippen LogP contribution in [0.2, 0.25) is 0 Å². The van der Waals surface area contributed by atoms with Gasteiger partial charge in [0, 0.05) is 6.54 Å². The summed E-state index contributed by atoms with van der Waals surface area (Å²) in [4.78, 5) is 2.45. The Labute approximate surface area is 99.5 Å². The van der Waals surface area contributed by atoms with Crippen LogP contribution in [0.5, 0.6) is 0 Å². The molecule has 0 bridgehead atoms. The molecule has 1 heterocycles. The standard InChI is InChI=1S/C15H23N/c1-12(2)13-6-8-14(9-7-13)15-5-4-10-16(3)11-15/h6-9,12,15H,4-5,10-11H2,1-3H3. The molecule has 1 aromatic carbocycles. The van der Waals surface area contributed by atoms with E-state index in [1.807, 2.05) is 0 Å². The van der Waals surface area contributed by atoms with Crippen LogP contribution >= 0.6 is 0 Å². The maximum atomic E-state index is 2.45. The van der Waals surface area contributed by atoms with Gasteiger partial charge in [0.15, 0.2) is 0 Å². The number of hydrogen-bond donors (Lipinski definition) is 0. The van der Waals surface area contributed by atoms with Gasteiger partial charge in [-0.15, -0.1) is 0 Å². The van der Waals surface area contributed by atoms with Crippen LogP contribution in [0, 0.1) is 0 Å². The summed E-state index contributed by atoms with van der Waals surface area (Å²) in [6, 6.07) is 9.27. The average molecular weight is 217 g/mol. The first-order chi connectivity index (χ1) is 7.66. The van der Waals surface area contributed by atoms with Crippen LogP contribution < -0.4 is 0 Å². The molecule has 2 rings (SSSR count). The summed E-state index contributed by atoms with van der Waals surface area (Å²) < 4.78 is 0. The fourth-order valence-electron chi connectivity index (χ4n) is 2.59. The van der Waals surface area contributed by atoms with Crippen LogP contribution in [0.25, 0.3) is 0 Å². The van der Waals surface area contributed by atoms with E-state index in [-0.39, 0.29) is 0 Å². The highest BCUT2D eigenvalue weighted by Gasteiger charge is 2.18. The van der Waals surface area contributed by atoms with Crippen LogP contribution in [0.3, 0.4) is 0 Å². The van der Waals surface area contributed by atoms with Crippen LogP contribution in [-0.4, -0.2) is 25.0 Å². The van der Waals surface area contributed by atoms with Gasteiger partial charge >= 0.3 is 0 Å². The zero-order valence-electron chi connectivity index (χ0n) is 10.7. The van der Waals surface area contributed by atoms with Crippen LogP contribution in [0.1, 0.15) is 49.7 Å². The monoisotopic (exact) mass is 217 g/mol. The molecule has 1 saturated heterocycles. The minimum absolute atomic E-state index is 0.642. The van der Waals surface area contributed by atoms with Gasteiger partial charge in [0.05, 0.1) is 0 Å². The zero-order valence-corrected chi connectivity index (χ0v) is 10.7. The Kier molecular flexibility index (Phi) is 3.65. The molecule has 0 aliphatic carbocycles. The Hall–Kier alpha value is -0.820. The Morgan fingerprint density at radius 1 is 1.19 bits per heavy atom. The topological polar surface area (TPSA) is 3.24 Å². The van der Waals surface area contributed by atoms with Gasteiger partial charge in [-0.3, -0.25) is 0 Å². The molecule has 1 atom stereocenters. The molecule has 0 radical (unpaired) electrons. The molecule has 1 nitrogen and oxygen atoms in total. The van der Waals surface area contributed by atoms with Crippen molar-refractivity contribution in [1.82, 2.24) is 4.90 Å². The predicted octanol–water partition coefficient (Wildman–Crippen LogP) is 3.62. The lowest BCUT2D eigenvalue weighted by atomic mass is 9.89. The third-order valence-electron chi connectivity index (χ3n) is 3.70. The minimum atomic E-state index is 0.642. The van der Waals surface area contributed by atoms with Crippen molar-refractivity contribution in [2.75, 3.05) is 20.1 Å². The number of likely N-dealkylation sites (N-methyl/N-ethyl adjacent to an activating group) is 1. The lowest BCUT2D eigenvalue weighted by Crippen LogP contribution is -2.30. The normalized spacial score (nSPS) is 22.6. The average Bonchev–Trinajstić information content (AvgIpc) is 2.29. The second-order valence-corrected chi connectivity index (χ2v) is 5.42. The molecule has 0 spiro atoms. The van der Waals surface area contributed by atoms with Crippen molar-refractivity contribution >= 4 is 0 Å². The van der Waals surface area contributed by atoms with Gasteiger partial charge in [-0.25, -0.2) is 0 Å². The molecule has 1 aliphatic heterocycles. The van der Waals surface area contributed by atoms with Gasteiger partial charge < -0.3 is 4.90 Å². The number of nitrogens with zero attached hydrogens (tertiary/aromatic N) is 1. The Balaban J connectivity index is 2.09. The van der Waals surface area contributed by atoms with E-state index in [4.69, 9.17) is 0 Å². The van der Waals surface area contributed by atoms with Gasteiger partial charge in [0.2, 0.25) is 0 Å². The van der Waals surface area contributed by atoms with Crippen molar-refractivity contribution in [2.45, 2.75) is 38.5 Å². The molecule has 16 heavy (non-hydrogen) atoms. The molecule has 1 heteroatoms. The maximum Gasteiger partial charge on any atom is 0.00472 e. The van der Waals surface area contributed by atoms with E-state index in [1.54, 1.807) is 0 Å². The highest BCUT2D eigenvalue weighted by Crippen LogP contribution is 2.27. The number of benzene rings is 1. The van der Waals surface area contributed by atoms with Gasteiger partial charge in [-0.05, 0) is 49.4 Å². The van der Waals surface area contributed by atoms with Crippen LogP contribution in [0.4, 0.5) is 0 Å². The summed E-state index contributed by atoms with van der Waals surface area (Å²) in [6.07, 6.45) is 2.69. The largest absolute Gasteiger partial charge is 0.306 e. The smallest absolute Gasteiger partial charge is 0.00472 e. The summed E-state index contributed by atoms with van der Waals surface area (Å²) >= 11 is 0. The molecule has 1 aliphatic rings. The van der Waals surface area contributed by atoms with E-state index in [0.717, 1.165) is 5.92 Å². The lowest BCUT2D eigenvalue weighted by molar-refractivity contribution is 0.251. The van der Waals surface area contributed by atoms with E-state index >= 15 is 0 Å². The van der Waals surface area contributed by atoms with Crippen LogP contribution in [0.15, 0.2) is 24.3 Å². The van der Waals surface area contributed by atoms with E-state index in [1.165, 1.54) is 37.1 Å². The van der Waals surface area contributed by atoms with Crippen molar-refractivity contribution in [3.63, 3.8) is 0 Å². The Bertz CT molecular complexity index is 326. The summed E-state index contributed by atoms with van der Waals surface area (Å²) in [5.41, 5.74) is 2.98. The highest BCUT2D eigenvalue weighted by molar-refractivity contribution is 5.27. The van der Waals surface area contributed by atoms with Gasteiger partial charge in [-0.2, -0.15) is 0 Å². The van der Waals surface area contributed by atoms with Gasteiger partial charge in [0.25, 0.3) is 0 Å². The number of hydrogen-bond acceptors (Lipinski definition) is 1. The Morgan fingerprint density at radius 3 is 2.44 bits per heavy atom. The molecule has 1 unspecified atom stereocenters. The van der Waals surface area contributed by atoms with Crippen molar-refractivity contribution in [3.05, 3.63) is 35.4 Å². The quantitative estimate of drug-likeness (QED) is 0.731. The van der Waals surface area contributed by atoms with Crippen LogP contribution in [-0.2, 0) is 0 Å². The van der Waals surface area contributed by atoms with E-state index in [9.17, 15) is 0 Å². The molecule has 0 aromatic heterocycles. The fraction of sp³-hybridized carbons (Fsp3) is 0.600.